The highest BCUT2D eigenvalue weighted by atomic mass is 16.5. The summed E-state index contributed by atoms with van der Waals surface area (Å²) in [6, 6.07) is 4.91. The van der Waals surface area contributed by atoms with Gasteiger partial charge in [0, 0.05) is 17.5 Å². The highest BCUT2D eigenvalue weighted by Crippen LogP contribution is 2.31. The Kier molecular flexibility index (Phi) is 6.01. The Morgan fingerprint density at radius 2 is 1.88 bits per heavy atom. The van der Waals surface area contributed by atoms with Gasteiger partial charge in [-0.25, -0.2) is 9.59 Å². The molecule has 0 aliphatic heterocycles. The van der Waals surface area contributed by atoms with Gasteiger partial charge in [0.05, 0.1) is 26.4 Å². The molecule has 0 aliphatic rings. The Balaban J connectivity index is 2.29. The molecule has 24 heavy (non-hydrogen) atoms. The number of carbonyl (C=O) groups is 1. The first-order valence-corrected chi connectivity index (χ1v) is 7.63. The molecule has 0 saturated carbocycles. The number of rotatable bonds is 7. The molecular weight excluding hydrogens is 312 g/mol. The van der Waals surface area contributed by atoms with Crippen LogP contribution in [0, 0.1) is 0 Å². The fraction of sp³-hybridized carbons (Fsp3) is 0.333. The Morgan fingerprint density at radius 3 is 2.54 bits per heavy atom. The van der Waals surface area contributed by atoms with E-state index in [2.05, 4.69) is 0 Å². The first kappa shape index (κ1) is 17.6. The van der Waals surface area contributed by atoms with Crippen molar-refractivity contribution in [3.63, 3.8) is 0 Å². The van der Waals surface area contributed by atoms with E-state index in [1.165, 1.54) is 26.4 Å². The molecule has 1 heterocycles. The molecule has 0 N–H and O–H groups in total. The zero-order valence-electron chi connectivity index (χ0n) is 14.0. The molecule has 0 spiro atoms. The summed E-state index contributed by atoms with van der Waals surface area (Å²) in [6.45, 7) is 2.37. The van der Waals surface area contributed by atoms with Crippen LogP contribution in [0.25, 0.3) is 17.0 Å². The molecule has 0 bridgehead atoms. The van der Waals surface area contributed by atoms with Gasteiger partial charge in [-0.1, -0.05) is 13.3 Å². The maximum absolute atomic E-state index is 12.0. The predicted octanol–water partition coefficient (Wildman–Crippen LogP) is 3.17. The molecule has 128 valence electrons. The van der Waals surface area contributed by atoms with Crippen LogP contribution in [0.5, 0.6) is 11.5 Å². The fourth-order valence-electron chi connectivity index (χ4n) is 2.10. The predicted molar refractivity (Wildman–Crippen MR) is 90.5 cm³/mol. The molecule has 0 radical (unpaired) electrons. The van der Waals surface area contributed by atoms with Gasteiger partial charge in [0.25, 0.3) is 0 Å². The van der Waals surface area contributed by atoms with Crippen molar-refractivity contribution in [3.8, 4) is 11.5 Å². The van der Waals surface area contributed by atoms with Gasteiger partial charge in [-0.15, -0.1) is 0 Å². The second-order valence-electron chi connectivity index (χ2n) is 5.09. The Hall–Kier alpha value is -2.76. The van der Waals surface area contributed by atoms with Crippen LogP contribution >= 0.6 is 0 Å². The minimum atomic E-state index is -0.549. The second-order valence-corrected chi connectivity index (χ2v) is 5.09. The SMILES string of the molecule is CCCCOC(=O)/C=C/c1cc2cc(OC)c(OC)cc2oc1=O. The first-order valence-electron chi connectivity index (χ1n) is 7.63. The Morgan fingerprint density at radius 1 is 1.17 bits per heavy atom. The molecule has 0 aliphatic carbocycles. The summed E-state index contributed by atoms with van der Waals surface area (Å²) in [7, 11) is 3.03. The van der Waals surface area contributed by atoms with Crippen molar-refractivity contribution < 1.29 is 23.4 Å². The van der Waals surface area contributed by atoms with Gasteiger partial charge in [0.1, 0.15) is 5.58 Å². The normalized spacial score (nSPS) is 11.0. The average molecular weight is 332 g/mol. The summed E-state index contributed by atoms with van der Waals surface area (Å²) >= 11 is 0. The number of fused-ring (bicyclic) bond motifs is 1. The summed E-state index contributed by atoms with van der Waals surface area (Å²) in [6.07, 6.45) is 4.35. The summed E-state index contributed by atoms with van der Waals surface area (Å²) in [5.41, 5.74) is 0.0785. The number of carbonyl (C=O) groups excluding carboxylic acids is 1. The molecule has 1 aromatic carbocycles. The third kappa shape index (κ3) is 4.16. The van der Waals surface area contributed by atoms with E-state index in [4.69, 9.17) is 18.6 Å². The lowest BCUT2D eigenvalue weighted by molar-refractivity contribution is -0.137. The highest BCUT2D eigenvalue weighted by molar-refractivity contribution is 5.88. The molecule has 1 aromatic heterocycles. The van der Waals surface area contributed by atoms with Gasteiger partial charge in [-0.2, -0.15) is 0 Å². The maximum Gasteiger partial charge on any atom is 0.343 e. The van der Waals surface area contributed by atoms with Crippen molar-refractivity contribution in [1.29, 1.82) is 0 Å². The number of unbranched alkanes of at least 4 members (excludes halogenated alkanes) is 1. The number of benzene rings is 1. The molecule has 6 heteroatoms. The van der Waals surface area contributed by atoms with Gasteiger partial charge in [-0.05, 0) is 24.6 Å². The van der Waals surface area contributed by atoms with Crippen molar-refractivity contribution in [2.75, 3.05) is 20.8 Å². The molecular formula is C18H20O6. The van der Waals surface area contributed by atoms with Crippen LogP contribution in [0.15, 0.2) is 33.5 Å². The van der Waals surface area contributed by atoms with Crippen LogP contribution < -0.4 is 15.1 Å². The first-order chi connectivity index (χ1) is 11.6. The van der Waals surface area contributed by atoms with E-state index in [9.17, 15) is 9.59 Å². The third-order valence-corrected chi connectivity index (χ3v) is 3.41. The second kappa shape index (κ2) is 8.19. The minimum Gasteiger partial charge on any atom is -0.493 e. The number of hydrogen-bond donors (Lipinski definition) is 0. The molecule has 0 fully saturated rings. The zero-order valence-corrected chi connectivity index (χ0v) is 14.0. The van der Waals surface area contributed by atoms with Crippen LogP contribution in [0.4, 0.5) is 0 Å². The zero-order chi connectivity index (χ0) is 17.5. The number of methoxy groups -OCH3 is 2. The minimum absolute atomic E-state index is 0.252. The topological polar surface area (TPSA) is 75.0 Å². The number of hydrogen-bond acceptors (Lipinski definition) is 6. The van der Waals surface area contributed by atoms with Crippen LogP contribution in [0.3, 0.4) is 0 Å². The maximum atomic E-state index is 12.0. The lowest BCUT2D eigenvalue weighted by Crippen LogP contribution is -2.05. The van der Waals surface area contributed by atoms with Crippen LogP contribution in [-0.2, 0) is 9.53 Å². The Labute approximate surface area is 139 Å². The van der Waals surface area contributed by atoms with Crippen molar-refractivity contribution in [3.05, 3.63) is 40.3 Å². The van der Waals surface area contributed by atoms with Crippen molar-refractivity contribution in [1.82, 2.24) is 0 Å². The van der Waals surface area contributed by atoms with Crippen LogP contribution in [-0.4, -0.2) is 26.8 Å². The van der Waals surface area contributed by atoms with Gasteiger partial charge in [0.2, 0.25) is 0 Å². The fourth-order valence-corrected chi connectivity index (χ4v) is 2.10. The van der Waals surface area contributed by atoms with Gasteiger partial charge < -0.3 is 18.6 Å². The molecule has 0 amide bonds. The molecule has 2 rings (SSSR count). The summed E-state index contributed by atoms with van der Waals surface area (Å²) in [4.78, 5) is 23.6. The van der Waals surface area contributed by atoms with Gasteiger partial charge in [0.15, 0.2) is 11.5 Å². The highest BCUT2D eigenvalue weighted by Gasteiger charge is 2.10. The average Bonchev–Trinajstić information content (AvgIpc) is 2.59. The Bertz CT molecular complexity index is 803. The van der Waals surface area contributed by atoms with E-state index in [0.717, 1.165) is 12.8 Å². The van der Waals surface area contributed by atoms with Crippen molar-refractivity contribution >= 4 is 23.0 Å². The molecule has 2 aromatic rings. The molecule has 0 atom stereocenters. The van der Waals surface area contributed by atoms with E-state index < -0.39 is 11.6 Å². The van der Waals surface area contributed by atoms with Crippen molar-refractivity contribution in [2.45, 2.75) is 19.8 Å². The largest absolute Gasteiger partial charge is 0.493 e. The smallest absolute Gasteiger partial charge is 0.343 e. The van der Waals surface area contributed by atoms with E-state index >= 15 is 0 Å². The van der Waals surface area contributed by atoms with Gasteiger partial charge in [-0.3, -0.25) is 0 Å². The number of esters is 1. The molecule has 0 unspecified atom stereocenters. The quantitative estimate of drug-likeness (QED) is 0.335. The van der Waals surface area contributed by atoms with E-state index in [-0.39, 0.29) is 5.56 Å². The monoisotopic (exact) mass is 332 g/mol. The lowest BCUT2D eigenvalue weighted by Gasteiger charge is -2.08. The van der Waals surface area contributed by atoms with E-state index in [1.54, 1.807) is 18.2 Å². The summed E-state index contributed by atoms with van der Waals surface area (Å²) < 4.78 is 20.7. The summed E-state index contributed by atoms with van der Waals surface area (Å²) in [5.74, 6) is 0.499. The molecule has 6 nitrogen and oxygen atoms in total. The summed E-state index contributed by atoms with van der Waals surface area (Å²) in [5, 5.41) is 0.659. The van der Waals surface area contributed by atoms with E-state index in [1.807, 2.05) is 6.92 Å². The standard InChI is InChI=1S/C18H20O6/c1-4-5-8-23-17(19)7-6-12-9-13-10-15(21-2)16(22-3)11-14(13)24-18(12)20/h6-7,9-11H,4-5,8H2,1-3H3/b7-6+. The number of ether oxygens (including phenoxy) is 3. The van der Waals surface area contributed by atoms with Crippen molar-refractivity contribution in [2.24, 2.45) is 0 Å². The molecule has 0 saturated heterocycles. The van der Waals surface area contributed by atoms with Gasteiger partial charge >= 0.3 is 11.6 Å². The van der Waals surface area contributed by atoms with Crippen LogP contribution in [0.1, 0.15) is 25.3 Å². The third-order valence-electron chi connectivity index (χ3n) is 3.41. The van der Waals surface area contributed by atoms with E-state index in [0.29, 0.717) is 29.1 Å². The lowest BCUT2D eigenvalue weighted by atomic mass is 10.1. The van der Waals surface area contributed by atoms with Crippen LogP contribution in [0.2, 0.25) is 0 Å².